The molecule has 0 atom stereocenters. The van der Waals surface area contributed by atoms with Gasteiger partial charge in [-0.1, -0.05) is 72.8 Å². The number of fused-ring (bicyclic) bond motifs is 11. The molecule has 0 amide bonds. The summed E-state index contributed by atoms with van der Waals surface area (Å²) in [6, 6.07) is 54.6. The van der Waals surface area contributed by atoms with Gasteiger partial charge in [-0.3, -0.25) is 0 Å². The highest BCUT2D eigenvalue weighted by atomic mass is 16.3. The highest BCUT2D eigenvalue weighted by Crippen LogP contribution is 2.42. The van der Waals surface area contributed by atoms with Gasteiger partial charge in [0, 0.05) is 54.9 Å². The van der Waals surface area contributed by atoms with E-state index in [0.717, 1.165) is 99.1 Å². The highest BCUT2D eigenvalue weighted by molar-refractivity contribution is 6.17. The van der Waals surface area contributed by atoms with Gasteiger partial charge in [0.2, 0.25) is 5.89 Å². The summed E-state index contributed by atoms with van der Waals surface area (Å²) in [6.07, 6.45) is 0. The average Bonchev–Trinajstić information content (AvgIpc) is 3.89. The molecule has 0 aliphatic heterocycles. The fourth-order valence-electron chi connectivity index (χ4n) is 7.45. The van der Waals surface area contributed by atoms with E-state index in [0.29, 0.717) is 5.89 Å². The summed E-state index contributed by atoms with van der Waals surface area (Å²) in [7, 11) is 0. The topological polar surface area (TPSA) is 55.6 Å². The summed E-state index contributed by atoms with van der Waals surface area (Å²) >= 11 is 0. The van der Waals surface area contributed by atoms with Crippen LogP contribution in [0.3, 0.4) is 0 Å². The Morgan fingerprint density at radius 2 is 0.880 bits per heavy atom. The van der Waals surface area contributed by atoms with Gasteiger partial charge in [-0.05, 0) is 95.7 Å². The molecule has 5 nitrogen and oxygen atoms in total. The summed E-state index contributed by atoms with van der Waals surface area (Å²) in [5.41, 5.74) is 9.09. The number of oxazole rings is 1. The van der Waals surface area contributed by atoms with Crippen molar-refractivity contribution in [2.75, 3.05) is 4.90 Å². The van der Waals surface area contributed by atoms with Crippen molar-refractivity contribution in [1.82, 2.24) is 4.98 Å². The number of hydrogen-bond acceptors (Lipinski definition) is 5. The van der Waals surface area contributed by atoms with Crippen LogP contribution in [0.25, 0.3) is 88.0 Å². The largest absolute Gasteiger partial charge is 0.455 e. The van der Waals surface area contributed by atoms with Crippen LogP contribution in [0, 0.1) is 0 Å². The van der Waals surface area contributed by atoms with Gasteiger partial charge < -0.3 is 18.2 Å². The lowest BCUT2D eigenvalue weighted by Gasteiger charge is -2.26. The molecule has 0 aliphatic carbocycles. The molecule has 0 spiro atoms. The van der Waals surface area contributed by atoms with Crippen LogP contribution in [0.15, 0.2) is 171 Å². The molecule has 5 heteroatoms. The number of anilines is 3. The summed E-state index contributed by atoms with van der Waals surface area (Å²) in [6.45, 7) is 0. The molecule has 11 rings (SSSR count). The van der Waals surface area contributed by atoms with Crippen molar-refractivity contribution in [1.29, 1.82) is 0 Å². The predicted octanol–water partition coefficient (Wildman–Crippen LogP) is 13.1. The Morgan fingerprint density at radius 1 is 0.380 bits per heavy atom. The van der Waals surface area contributed by atoms with Crippen LogP contribution >= 0.6 is 0 Å². The van der Waals surface area contributed by atoms with Crippen molar-refractivity contribution >= 4 is 93.6 Å². The van der Waals surface area contributed by atoms with Crippen LogP contribution in [-0.4, -0.2) is 4.98 Å². The van der Waals surface area contributed by atoms with Gasteiger partial charge in [-0.2, -0.15) is 0 Å². The third-order valence-electron chi connectivity index (χ3n) is 9.87. The standard InChI is InChI=1S/C45H26N2O3/c1-4-10-40-33(7-1)35-23-17-27-13-21-31(25-37(27)43(35)48-40)47(30-19-15-29(16-20-30)45-46-39-9-3-6-12-42(39)50-45)32-22-14-28-18-24-36-34-8-2-5-11-41(34)49-44(36)38(28)26-32/h1-26H. The number of rotatable bonds is 4. The lowest BCUT2D eigenvalue weighted by molar-refractivity contribution is 0.620. The van der Waals surface area contributed by atoms with Crippen molar-refractivity contribution in [2.24, 2.45) is 0 Å². The Kier molecular flexibility index (Phi) is 5.60. The zero-order chi connectivity index (χ0) is 32.8. The second-order valence-corrected chi connectivity index (χ2v) is 12.8. The van der Waals surface area contributed by atoms with Crippen molar-refractivity contribution in [3.05, 3.63) is 158 Å². The minimum atomic E-state index is 0.597. The maximum Gasteiger partial charge on any atom is 0.227 e. The number of hydrogen-bond donors (Lipinski definition) is 0. The molecule has 0 aliphatic rings. The normalized spacial score (nSPS) is 12.0. The lowest BCUT2D eigenvalue weighted by atomic mass is 10.0. The number of para-hydroxylation sites is 4. The molecule has 0 N–H and O–H groups in total. The zero-order valence-electron chi connectivity index (χ0n) is 26.6. The van der Waals surface area contributed by atoms with Crippen molar-refractivity contribution in [3.63, 3.8) is 0 Å². The van der Waals surface area contributed by atoms with Crippen LogP contribution in [0.4, 0.5) is 17.1 Å². The second-order valence-electron chi connectivity index (χ2n) is 12.8. The van der Waals surface area contributed by atoms with Gasteiger partial charge in [-0.15, -0.1) is 0 Å². The molecule has 11 aromatic rings. The van der Waals surface area contributed by atoms with E-state index in [4.69, 9.17) is 18.2 Å². The first kappa shape index (κ1) is 27.1. The van der Waals surface area contributed by atoms with E-state index in [1.54, 1.807) is 0 Å². The van der Waals surface area contributed by atoms with E-state index in [9.17, 15) is 0 Å². The quantitative estimate of drug-likeness (QED) is 0.191. The number of nitrogens with zero attached hydrogens (tertiary/aromatic N) is 2. The summed E-state index contributed by atoms with van der Waals surface area (Å²) in [5, 5.41) is 8.81. The second kappa shape index (κ2) is 10.3. The molecule has 3 aromatic heterocycles. The zero-order valence-corrected chi connectivity index (χ0v) is 26.6. The van der Waals surface area contributed by atoms with E-state index in [-0.39, 0.29) is 0 Å². The number of furan rings is 2. The first-order chi connectivity index (χ1) is 24.7. The molecule has 0 unspecified atom stereocenters. The Labute approximate surface area is 285 Å². The molecule has 0 saturated heterocycles. The molecule has 0 saturated carbocycles. The van der Waals surface area contributed by atoms with E-state index >= 15 is 0 Å². The minimum absolute atomic E-state index is 0.597. The van der Waals surface area contributed by atoms with E-state index in [1.165, 1.54) is 0 Å². The molecule has 0 bridgehead atoms. The molecule has 8 aromatic carbocycles. The maximum atomic E-state index is 6.49. The molecule has 0 radical (unpaired) electrons. The lowest BCUT2D eigenvalue weighted by Crippen LogP contribution is -2.10. The van der Waals surface area contributed by atoms with E-state index in [2.05, 4.69) is 114 Å². The molecule has 50 heavy (non-hydrogen) atoms. The fourth-order valence-corrected chi connectivity index (χ4v) is 7.45. The molecule has 234 valence electrons. The Bertz CT molecular complexity index is 2920. The first-order valence-corrected chi connectivity index (χ1v) is 16.7. The molecular formula is C45H26N2O3. The Morgan fingerprint density at radius 3 is 1.46 bits per heavy atom. The number of benzene rings is 8. The number of aromatic nitrogens is 1. The van der Waals surface area contributed by atoms with E-state index < -0.39 is 0 Å². The van der Waals surface area contributed by atoms with Crippen molar-refractivity contribution in [3.8, 4) is 11.5 Å². The highest BCUT2D eigenvalue weighted by Gasteiger charge is 2.19. The van der Waals surface area contributed by atoms with Crippen LogP contribution < -0.4 is 4.90 Å². The van der Waals surface area contributed by atoms with Gasteiger partial charge in [0.15, 0.2) is 5.58 Å². The van der Waals surface area contributed by atoms with Crippen molar-refractivity contribution in [2.45, 2.75) is 0 Å². The fraction of sp³-hybridized carbons (Fsp3) is 0. The van der Waals surface area contributed by atoms with Gasteiger partial charge in [0.1, 0.15) is 27.8 Å². The van der Waals surface area contributed by atoms with Gasteiger partial charge in [-0.25, -0.2) is 4.98 Å². The van der Waals surface area contributed by atoms with Crippen molar-refractivity contribution < 1.29 is 13.3 Å². The van der Waals surface area contributed by atoms with Crippen LogP contribution in [0.1, 0.15) is 0 Å². The Balaban J connectivity index is 1.13. The summed E-state index contributed by atoms with van der Waals surface area (Å²) in [4.78, 5) is 7.02. The molecule has 3 heterocycles. The third-order valence-corrected chi connectivity index (χ3v) is 9.87. The monoisotopic (exact) mass is 642 g/mol. The van der Waals surface area contributed by atoms with E-state index in [1.807, 2.05) is 48.5 Å². The maximum absolute atomic E-state index is 6.49. The smallest absolute Gasteiger partial charge is 0.227 e. The SMILES string of the molecule is c1ccc2oc(-c3ccc(N(c4ccc5ccc6c7ccccc7oc6c5c4)c4ccc5ccc6c7ccccc7oc6c5c4)cc3)nc2c1. The van der Waals surface area contributed by atoms with Gasteiger partial charge >= 0.3 is 0 Å². The molecule has 0 fully saturated rings. The van der Waals surface area contributed by atoms with Crippen LogP contribution in [-0.2, 0) is 0 Å². The summed E-state index contributed by atoms with van der Waals surface area (Å²) < 4.78 is 19.1. The van der Waals surface area contributed by atoms with Crippen LogP contribution in [0.2, 0.25) is 0 Å². The van der Waals surface area contributed by atoms with Gasteiger partial charge in [0.05, 0.1) is 0 Å². The average molecular weight is 643 g/mol. The summed E-state index contributed by atoms with van der Waals surface area (Å²) in [5.74, 6) is 0.597. The first-order valence-electron chi connectivity index (χ1n) is 16.7. The predicted molar refractivity (Wildman–Crippen MR) is 204 cm³/mol. The molecular weight excluding hydrogens is 617 g/mol. The van der Waals surface area contributed by atoms with Crippen LogP contribution in [0.5, 0.6) is 0 Å². The third kappa shape index (κ3) is 4.04. The van der Waals surface area contributed by atoms with Gasteiger partial charge in [0.25, 0.3) is 0 Å². The Hall–Kier alpha value is -6.85. The minimum Gasteiger partial charge on any atom is -0.455 e.